The summed E-state index contributed by atoms with van der Waals surface area (Å²) in [5, 5.41) is 3.17. The van der Waals surface area contributed by atoms with Gasteiger partial charge in [-0.1, -0.05) is 6.92 Å². The maximum Gasteiger partial charge on any atom is 0.241 e. The van der Waals surface area contributed by atoms with E-state index in [1.807, 2.05) is 31.5 Å². The molecule has 1 atom stereocenters. The van der Waals surface area contributed by atoms with E-state index >= 15 is 0 Å². The van der Waals surface area contributed by atoms with E-state index in [4.69, 9.17) is 0 Å². The molecule has 0 aliphatic carbocycles. The fourth-order valence-electron chi connectivity index (χ4n) is 1.52. The van der Waals surface area contributed by atoms with Crippen molar-refractivity contribution in [2.75, 3.05) is 18.5 Å². The van der Waals surface area contributed by atoms with Crippen LogP contribution in [-0.4, -0.2) is 23.7 Å². The van der Waals surface area contributed by atoms with Gasteiger partial charge in [0, 0.05) is 18.3 Å². The molecule has 0 aromatic carbocycles. The molecule has 1 aromatic rings. The van der Waals surface area contributed by atoms with Gasteiger partial charge in [0.2, 0.25) is 5.91 Å². The van der Waals surface area contributed by atoms with Crippen LogP contribution < -0.4 is 10.7 Å². The molecule has 1 saturated heterocycles. The fourth-order valence-corrected chi connectivity index (χ4v) is 1.52. The van der Waals surface area contributed by atoms with Gasteiger partial charge < -0.3 is 5.32 Å². The Morgan fingerprint density at radius 2 is 2.14 bits per heavy atom. The van der Waals surface area contributed by atoms with E-state index in [2.05, 4.69) is 10.7 Å². The van der Waals surface area contributed by atoms with Crippen LogP contribution in [0.2, 0.25) is 0 Å². The van der Waals surface area contributed by atoms with Crippen LogP contribution in [0.5, 0.6) is 0 Å². The van der Waals surface area contributed by atoms with Crippen molar-refractivity contribution in [1.29, 1.82) is 0 Å². The maximum atomic E-state index is 11.7. The Labute approximate surface area is 83.3 Å². The van der Waals surface area contributed by atoms with Crippen molar-refractivity contribution < 1.29 is 4.79 Å². The highest BCUT2D eigenvalue weighted by Gasteiger charge is 2.28. The zero-order valence-electron chi connectivity index (χ0n) is 8.23. The Balaban J connectivity index is 1.88. The van der Waals surface area contributed by atoms with Gasteiger partial charge in [-0.3, -0.25) is 14.9 Å². The van der Waals surface area contributed by atoms with Gasteiger partial charge in [0.15, 0.2) is 0 Å². The predicted octanol–water partition coefficient (Wildman–Crippen LogP) is 0.414. The number of amides is 1. The molecule has 1 unspecified atom stereocenters. The third-order valence-corrected chi connectivity index (χ3v) is 2.78. The van der Waals surface area contributed by atoms with Gasteiger partial charge in [-0.05, 0) is 31.1 Å². The van der Waals surface area contributed by atoms with Crippen molar-refractivity contribution in [3.8, 4) is 0 Å². The van der Waals surface area contributed by atoms with E-state index in [0.29, 0.717) is 5.92 Å². The van der Waals surface area contributed by atoms with E-state index in [-0.39, 0.29) is 11.8 Å². The molecular formula is C10H15N3O. The van der Waals surface area contributed by atoms with Crippen LogP contribution in [-0.2, 0) is 4.79 Å². The van der Waals surface area contributed by atoms with Crippen molar-refractivity contribution in [1.82, 2.24) is 9.99 Å². The highest BCUT2D eigenvalue weighted by atomic mass is 16.2. The van der Waals surface area contributed by atoms with Crippen LogP contribution >= 0.6 is 0 Å². The summed E-state index contributed by atoms with van der Waals surface area (Å²) < 4.78 is 1.69. The van der Waals surface area contributed by atoms with E-state index in [1.54, 1.807) is 4.68 Å². The third-order valence-electron chi connectivity index (χ3n) is 2.78. The molecule has 1 aromatic heterocycles. The highest BCUT2D eigenvalue weighted by molar-refractivity contribution is 5.86. The van der Waals surface area contributed by atoms with E-state index in [9.17, 15) is 4.79 Å². The van der Waals surface area contributed by atoms with Gasteiger partial charge in [0.25, 0.3) is 0 Å². The van der Waals surface area contributed by atoms with Crippen molar-refractivity contribution in [2.45, 2.75) is 6.92 Å². The Morgan fingerprint density at radius 3 is 2.64 bits per heavy atom. The number of aromatic nitrogens is 1. The molecule has 2 N–H and O–H groups in total. The van der Waals surface area contributed by atoms with Crippen LogP contribution in [0.4, 0.5) is 0 Å². The fraction of sp³-hybridized carbons (Fsp3) is 0.500. The largest absolute Gasteiger partial charge is 0.316 e. The molecule has 1 aliphatic heterocycles. The summed E-state index contributed by atoms with van der Waals surface area (Å²) >= 11 is 0. The van der Waals surface area contributed by atoms with Crippen molar-refractivity contribution in [3.05, 3.63) is 24.5 Å². The lowest BCUT2D eigenvalue weighted by Gasteiger charge is -2.31. The summed E-state index contributed by atoms with van der Waals surface area (Å²) in [6.07, 6.45) is 3.65. The lowest BCUT2D eigenvalue weighted by atomic mass is 9.88. The Morgan fingerprint density at radius 1 is 1.50 bits per heavy atom. The second kappa shape index (κ2) is 3.84. The van der Waals surface area contributed by atoms with Gasteiger partial charge in [-0.25, -0.2) is 0 Å². The molecule has 1 aliphatic rings. The van der Waals surface area contributed by atoms with Crippen molar-refractivity contribution >= 4 is 5.91 Å². The first-order valence-electron chi connectivity index (χ1n) is 4.92. The molecule has 0 radical (unpaired) electrons. The summed E-state index contributed by atoms with van der Waals surface area (Å²) in [5.74, 6) is 0.664. The molecule has 4 heteroatoms. The van der Waals surface area contributed by atoms with E-state index in [0.717, 1.165) is 13.1 Å². The highest BCUT2D eigenvalue weighted by Crippen LogP contribution is 2.15. The molecular weight excluding hydrogens is 178 g/mol. The Hall–Kier alpha value is -1.29. The summed E-state index contributed by atoms with van der Waals surface area (Å²) in [6.45, 7) is 3.89. The van der Waals surface area contributed by atoms with E-state index in [1.165, 1.54) is 0 Å². The minimum absolute atomic E-state index is 0.0821. The van der Waals surface area contributed by atoms with Gasteiger partial charge in [0.1, 0.15) is 0 Å². The number of hydrogen-bond acceptors (Lipinski definition) is 2. The van der Waals surface area contributed by atoms with Gasteiger partial charge in [-0.15, -0.1) is 0 Å². The second-order valence-corrected chi connectivity index (χ2v) is 3.77. The molecule has 2 heterocycles. The topological polar surface area (TPSA) is 46.1 Å². The summed E-state index contributed by atoms with van der Waals surface area (Å²) in [4.78, 5) is 11.7. The van der Waals surface area contributed by atoms with Gasteiger partial charge >= 0.3 is 0 Å². The zero-order valence-corrected chi connectivity index (χ0v) is 8.23. The first-order valence-corrected chi connectivity index (χ1v) is 4.92. The second-order valence-electron chi connectivity index (χ2n) is 3.77. The van der Waals surface area contributed by atoms with Crippen molar-refractivity contribution in [2.24, 2.45) is 11.8 Å². The maximum absolute atomic E-state index is 11.7. The number of carbonyl (C=O) groups excluding carboxylic acids is 1. The Bertz CT molecular complexity index is 303. The van der Waals surface area contributed by atoms with Crippen LogP contribution in [0.3, 0.4) is 0 Å². The molecule has 1 amide bonds. The summed E-state index contributed by atoms with van der Waals surface area (Å²) in [7, 11) is 0. The number of carbonyl (C=O) groups is 1. The lowest BCUT2D eigenvalue weighted by molar-refractivity contribution is -0.122. The average Bonchev–Trinajstić information content (AvgIpc) is 2.53. The zero-order chi connectivity index (χ0) is 9.97. The normalized spacial score (nSPS) is 18.6. The molecule has 1 fully saturated rings. The van der Waals surface area contributed by atoms with Gasteiger partial charge in [-0.2, -0.15) is 0 Å². The lowest BCUT2D eigenvalue weighted by Crippen LogP contribution is -2.49. The van der Waals surface area contributed by atoms with Crippen LogP contribution in [0, 0.1) is 11.8 Å². The molecule has 0 saturated carbocycles. The molecule has 4 nitrogen and oxygen atoms in total. The van der Waals surface area contributed by atoms with Crippen LogP contribution in [0.25, 0.3) is 0 Å². The van der Waals surface area contributed by atoms with Crippen LogP contribution in [0.15, 0.2) is 24.5 Å². The van der Waals surface area contributed by atoms with Gasteiger partial charge in [0.05, 0.1) is 0 Å². The molecule has 76 valence electrons. The third kappa shape index (κ3) is 1.80. The molecule has 2 rings (SSSR count). The number of nitrogens with zero attached hydrogens (tertiary/aromatic N) is 1. The smallest absolute Gasteiger partial charge is 0.241 e. The predicted molar refractivity (Wildman–Crippen MR) is 54.3 cm³/mol. The SMILES string of the molecule is CC(C(=O)Nn1cccc1)C1CNC1. The standard InChI is InChI=1S/C10H15N3O/c1-8(9-6-11-7-9)10(14)12-13-4-2-3-5-13/h2-5,8-9,11H,6-7H2,1H3,(H,12,14). The number of nitrogens with one attached hydrogen (secondary N) is 2. The number of hydrogen-bond donors (Lipinski definition) is 2. The average molecular weight is 193 g/mol. The van der Waals surface area contributed by atoms with Crippen LogP contribution in [0.1, 0.15) is 6.92 Å². The minimum atomic E-state index is 0.0821. The van der Waals surface area contributed by atoms with Crippen molar-refractivity contribution in [3.63, 3.8) is 0 Å². The molecule has 14 heavy (non-hydrogen) atoms. The molecule has 0 spiro atoms. The first kappa shape index (κ1) is 9.27. The monoisotopic (exact) mass is 193 g/mol. The Kier molecular flexibility index (Phi) is 2.54. The first-order chi connectivity index (χ1) is 6.77. The summed E-state index contributed by atoms with van der Waals surface area (Å²) in [6, 6.07) is 3.77. The summed E-state index contributed by atoms with van der Waals surface area (Å²) in [5.41, 5.74) is 2.82. The van der Waals surface area contributed by atoms with E-state index < -0.39 is 0 Å². The number of rotatable bonds is 3. The molecule has 0 bridgehead atoms. The quantitative estimate of drug-likeness (QED) is 0.730. The minimum Gasteiger partial charge on any atom is -0.316 e.